The van der Waals surface area contributed by atoms with Crippen molar-refractivity contribution in [3.05, 3.63) is 95.1 Å². The van der Waals surface area contributed by atoms with Crippen molar-refractivity contribution >= 4 is 33.4 Å². The highest BCUT2D eigenvalue weighted by Gasteiger charge is 2.19. The number of sulfone groups is 1. The number of rotatable bonds is 9. The van der Waals surface area contributed by atoms with E-state index >= 15 is 0 Å². The first-order valence-electron chi connectivity index (χ1n) is 12.3. The van der Waals surface area contributed by atoms with Gasteiger partial charge >= 0.3 is 6.03 Å². The van der Waals surface area contributed by atoms with E-state index in [1.807, 2.05) is 24.3 Å². The molecule has 11 nitrogen and oxygen atoms in total. The molecule has 202 valence electrons. The molecule has 3 amide bonds. The molecule has 4 rings (SSSR count). The normalized spacial score (nSPS) is 12.8. The third-order valence-corrected chi connectivity index (χ3v) is 7.43. The minimum Gasteiger partial charge on any atom is -0.327 e. The Morgan fingerprint density at radius 1 is 0.923 bits per heavy atom. The summed E-state index contributed by atoms with van der Waals surface area (Å²) in [6.45, 7) is 4.28. The van der Waals surface area contributed by atoms with E-state index in [0.717, 1.165) is 23.8 Å². The molecular weight excluding hydrogens is 518 g/mol. The van der Waals surface area contributed by atoms with Gasteiger partial charge in [-0.25, -0.2) is 13.2 Å². The second kappa shape index (κ2) is 11.9. The van der Waals surface area contributed by atoms with Gasteiger partial charge in [0.2, 0.25) is 0 Å². The number of nitrogens with zero attached hydrogens (tertiary/aromatic N) is 3. The SMILES string of the molecule is CCC(C)c1ccc(C(NC(=O)Nc2cccc(S(C)(=O)=O)c2)c2ccc(C(=O)Nc3nn[nH]n3)cc2)cc1. The summed E-state index contributed by atoms with van der Waals surface area (Å²) in [5.74, 6) is 0.0448. The molecule has 0 aliphatic carbocycles. The molecule has 0 bridgehead atoms. The number of amides is 3. The van der Waals surface area contributed by atoms with Gasteiger partial charge in [-0.2, -0.15) is 5.21 Å². The number of aromatic nitrogens is 4. The van der Waals surface area contributed by atoms with Crippen LogP contribution in [0.5, 0.6) is 0 Å². The van der Waals surface area contributed by atoms with Crippen LogP contribution in [0, 0.1) is 0 Å². The molecule has 0 spiro atoms. The first-order chi connectivity index (χ1) is 18.6. The Bertz CT molecular complexity index is 1540. The van der Waals surface area contributed by atoms with Gasteiger partial charge in [0.05, 0.1) is 10.9 Å². The Hall–Kier alpha value is -4.58. The van der Waals surface area contributed by atoms with Crippen LogP contribution in [0.1, 0.15) is 59.3 Å². The van der Waals surface area contributed by atoms with E-state index in [1.165, 1.54) is 17.7 Å². The maximum Gasteiger partial charge on any atom is 0.319 e. The lowest BCUT2D eigenvalue weighted by Crippen LogP contribution is -2.33. The van der Waals surface area contributed by atoms with E-state index in [4.69, 9.17) is 0 Å². The number of tetrazole rings is 1. The summed E-state index contributed by atoms with van der Waals surface area (Å²) >= 11 is 0. The number of benzene rings is 3. The topological polar surface area (TPSA) is 159 Å². The van der Waals surface area contributed by atoms with Crippen LogP contribution in [0.25, 0.3) is 0 Å². The molecule has 1 heterocycles. The summed E-state index contributed by atoms with van der Waals surface area (Å²) in [5.41, 5.74) is 3.48. The van der Waals surface area contributed by atoms with Crippen LogP contribution in [-0.4, -0.2) is 47.2 Å². The van der Waals surface area contributed by atoms with Gasteiger partial charge in [-0.3, -0.25) is 10.1 Å². The number of hydrogen-bond donors (Lipinski definition) is 4. The zero-order chi connectivity index (χ0) is 28.0. The highest BCUT2D eigenvalue weighted by molar-refractivity contribution is 7.90. The standard InChI is InChI=1S/C27H29N7O4S/c1-4-17(2)18-8-10-19(11-9-18)24(29-27(36)28-22-6-5-7-23(16-22)39(3,37)38)20-12-14-21(15-13-20)25(35)30-26-31-33-34-32-26/h5-17,24H,4H2,1-3H3,(H2,28,29,36)(H2,30,31,32,33,34,35). The highest BCUT2D eigenvalue weighted by Crippen LogP contribution is 2.26. The maximum absolute atomic E-state index is 13.0. The second-order valence-electron chi connectivity index (χ2n) is 9.12. The van der Waals surface area contributed by atoms with Crippen LogP contribution < -0.4 is 16.0 Å². The lowest BCUT2D eigenvalue weighted by molar-refractivity contribution is 0.102. The average Bonchev–Trinajstić information content (AvgIpc) is 3.44. The molecule has 0 saturated carbocycles. The summed E-state index contributed by atoms with van der Waals surface area (Å²) in [5, 5.41) is 21.3. The molecule has 0 radical (unpaired) electrons. The Labute approximate surface area is 226 Å². The zero-order valence-electron chi connectivity index (χ0n) is 21.7. The summed E-state index contributed by atoms with van der Waals surface area (Å²) in [6, 6.07) is 19.8. The van der Waals surface area contributed by atoms with Gasteiger partial charge in [-0.15, -0.1) is 5.10 Å². The van der Waals surface area contributed by atoms with Gasteiger partial charge in [-0.1, -0.05) is 61.4 Å². The maximum atomic E-state index is 13.0. The highest BCUT2D eigenvalue weighted by atomic mass is 32.2. The number of hydrogen-bond acceptors (Lipinski definition) is 7. The molecule has 0 saturated heterocycles. The van der Waals surface area contributed by atoms with E-state index in [-0.39, 0.29) is 10.8 Å². The summed E-state index contributed by atoms with van der Waals surface area (Å²) in [4.78, 5) is 25.7. The van der Waals surface area contributed by atoms with Crippen LogP contribution in [0.4, 0.5) is 16.4 Å². The minimum absolute atomic E-state index is 0.0571. The third-order valence-electron chi connectivity index (χ3n) is 6.32. The Morgan fingerprint density at radius 3 is 2.15 bits per heavy atom. The molecule has 0 fully saturated rings. The fraction of sp³-hybridized carbons (Fsp3) is 0.222. The predicted molar refractivity (Wildman–Crippen MR) is 147 cm³/mol. The van der Waals surface area contributed by atoms with Gasteiger partial charge in [0.15, 0.2) is 9.84 Å². The predicted octanol–water partition coefficient (Wildman–Crippen LogP) is 4.28. The summed E-state index contributed by atoms with van der Waals surface area (Å²) < 4.78 is 23.8. The lowest BCUT2D eigenvalue weighted by atomic mass is 9.93. The summed E-state index contributed by atoms with van der Waals surface area (Å²) in [7, 11) is -3.43. The van der Waals surface area contributed by atoms with Gasteiger partial charge < -0.3 is 10.6 Å². The molecule has 2 atom stereocenters. The van der Waals surface area contributed by atoms with E-state index in [2.05, 4.69) is 50.4 Å². The summed E-state index contributed by atoms with van der Waals surface area (Å²) in [6.07, 6.45) is 2.11. The molecule has 4 N–H and O–H groups in total. The molecule has 3 aromatic carbocycles. The van der Waals surface area contributed by atoms with Crippen LogP contribution in [0.15, 0.2) is 77.7 Å². The largest absolute Gasteiger partial charge is 0.327 e. The number of nitrogens with one attached hydrogen (secondary N) is 4. The van der Waals surface area contributed by atoms with E-state index in [9.17, 15) is 18.0 Å². The fourth-order valence-corrected chi connectivity index (χ4v) is 4.60. The molecule has 2 unspecified atom stereocenters. The number of H-pyrrole nitrogens is 1. The van der Waals surface area contributed by atoms with Crippen LogP contribution in [0.2, 0.25) is 0 Å². The zero-order valence-corrected chi connectivity index (χ0v) is 22.5. The lowest BCUT2D eigenvalue weighted by Gasteiger charge is -2.21. The van der Waals surface area contributed by atoms with Gasteiger partial charge in [0, 0.05) is 17.5 Å². The molecule has 0 aliphatic heterocycles. The van der Waals surface area contributed by atoms with Crippen molar-refractivity contribution in [1.82, 2.24) is 25.9 Å². The minimum atomic E-state index is -3.43. The van der Waals surface area contributed by atoms with Crippen molar-refractivity contribution in [2.75, 3.05) is 16.9 Å². The fourth-order valence-electron chi connectivity index (χ4n) is 3.93. The number of carbonyl (C=O) groups is 2. The van der Waals surface area contributed by atoms with Crippen molar-refractivity contribution in [2.24, 2.45) is 0 Å². The van der Waals surface area contributed by atoms with E-state index < -0.39 is 27.8 Å². The smallest absolute Gasteiger partial charge is 0.319 e. The van der Waals surface area contributed by atoms with Crippen molar-refractivity contribution in [3.63, 3.8) is 0 Å². The molecule has 4 aromatic rings. The first kappa shape index (κ1) is 27.5. The third kappa shape index (κ3) is 7.05. The van der Waals surface area contributed by atoms with Crippen LogP contribution in [0.3, 0.4) is 0 Å². The van der Waals surface area contributed by atoms with Gasteiger partial charge in [0.25, 0.3) is 11.9 Å². The Balaban J connectivity index is 1.58. The van der Waals surface area contributed by atoms with Crippen LogP contribution in [-0.2, 0) is 9.84 Å². The molecular formula is C27H29N7O4S. The molecule has 1 aromatic heterocycles. The van der Waals surface area contributed by atoms with Gasteiger partial charge in [0.1, 0.15) is 0 Å². The Morgan fingerprint density at radius 2 is 1.56 bits per heavy atom. The van der Waals surface area contributed by atoms with Crippen LogP contribution >= 0.6 is 0 Å². The quantitative estimate of drug-likeness (QED) is 0.243. The van der Waals surface area contributed by atoms with Crippen molar-refractivity contribution < 1.29 is 18.0 Å². The second-order valence-corrected chi connectivity index (χ2v) is 11.1. The Kier molecular flexibility index (Phi) is 8.35. The van der Waals surface area contributed by atoms with E-state index in [0.29, 0.717) is 17.2 Å². The molecule has 39 heavy (non-hydrogen) atoms. The van der Waals surface area contributed by atoms with Crippen molar-refractivity contribution in [3.8, 4) is 0 Å². The number of anilines is 2. The molecule has 12 heteroatoms. The molecule has 0 aliphatic rings. The van der Waals surface area contributed by atoms with Crippen molar-refractivity contribution in [1.29, 1.82) is 0 Å². The number of carbonyl (C=O) groups excluding carboxylic acids is 2. The van der Waals surface area contributed by atoms with Crippen molar-refractivity contribution in [2.45, 2.75) is 37.1 Å². The van der Waals surface area contributed by atoms with E-state index in [1.54, 1.807) is 36.4 Å². The number of aromatic amines is 1. The number of urea groups is 1. The van der Waals surface area contributed by atoms with Gasteiger partial charge in [-0.05, 0) is 64.6 Å². The monoisotopic (exact) mass is 547 g/mol. The average molecular weight is 548 g/mol. The first-order valence-corrected chi connectivity index (χ1v) is 14.2.